The summed E-state index contributed by atoms with van der Waals surface area (Å²) in [6.45, 7) is 6.27. The lowest BCUT2D eigenvalue weighted by Gasteiger charge is -2.37. The van der Waals surface area contributed by atoms with E-state index in [-0.39, 0.29) is 5.41 Å². The number of allylic oxidation sites excluding steroid dienone is 1. The molecule has 2 heteroatoms. The van der Waals surface area contributed by atoms with Crippen LogP contribution in [-0.2, 0) is 4.79 Å². The fourth-order valence-corrected chi connectivity index (χ4v) is 3.61. The molecule has 0 aromatic heterocycles. The molecule has 0 aliphatic heterocycles. The van der Waals surface area contributed by atoms with Crippen LogP contribution in [0.2, 0.25) is 0 Å². The van der Waals surface area contributed by atoms with Crippen molar-refractivity contribution in [3.8, 4) is 5.75 Å². The van der Waals surface area contributed by atoms with E-state index in [1.165, 1.54) is 11.1 Å². The van der Waals surface area contributed by atoms with Gasteiger partial charge < -0.3 is 4.74 Å². The molecule has 3 rings (SSSR count). The molecule has 0 amide bonds. The van der Waals surface area contributed by atoms with E-state index in [2.05, 4.69) is 25.6 Å². The van der Waals surface area contributed by atoms with Crippen LogP contribution < -0.4 is 4.74 Å². The van der Waals surface area contributed by atoms with E-state index in [0.717, 1.165) is 24.2 Å². The van der Waals surface area contributed by atoms with Gasteiger partial charge in [0.2, 0.25) is 0 Å². The minimum Gasteiger partial charge on any atom is -0.497 e. The van der Waals surface area contributed by atoms with Crippen molar-refractivity contribution in [2.75, 3.05) is 7.11 Å². The van der Waals surface area contributed by atoms with Gasteiger partial charge in [-0.05, 0) is 47.6 Å². The highest BCUT2D eigenvalue weighted by atomic mass is 16.5. The van der Waals surface area contributed by atoms with Crippen molar-refractivity contribution in [3.63, 3.8) is 0 Å². The predicted molar refractivity (Wildman–Crippen MR) is 71.7 cm³/mol. The molecule has 2 aliphatic carbocycles. The van der Waals surface area contributed by atoms with Crippen molar-refractivity contribution >= 4 is 11.4 Å². The lowest BCUT2D eigenvalue weighted by molar-refractivity contribution is -0.125. The Kier molecular flexibility index (Phi) is 2.37. The maximum Gasteiger partial charge on any atom is 0.139 e. The molecule has 1 saturated carbocycles. The van der Waals surface area contributed by atoms with Crippen molar-refractivity contribution < 1.29 is 9.53 Å². The van der Waals surface area contributed by atoms with Gasteiger partial charge in [0, 0.05) is 11.8 Å². The molecule has 0 spiro atoms. The number of Topliss-reactive ketones (excluding diaryl/α,β-unsaturated/α-hetero) is 1. The van der Waals surface area contributed by atoms with E-state index >= 15 is 0 Å². The normalized spacial score (nSPS) is 30.0. The van der Waals surface area contributed by atoms with Gasteiger partial charge in [0.1, 0.15) is 11.5 Å². The van der Waals surface area contributed by atoms with Crippen LogP contribution in [0, 0.1) is 5.41 Å². The highest BCUT2D eigenvalue weighted by Crippen LogP contribution is 2.56. The van der Waals surface area contributed by atoms with Gasteiger partial charge in [-0.1, -0.05) is 19.6 Å². The second kappa shape index (κ2) is 3.71. The summed E-state index contributed by atoms with van der Waals surface area (Å²) in [7, 11) is 1.68. The Labute approximate surface area is 108 Å². The molecule has 1 aromatic rings. The zero-order chi connectivity index (χ0) is 12.9. The summed E-state index contributed by atoms with van der Waals surface area (Å²) >= 11 is 0. The van der Waals surface area contributed by atoms with Crippen LogP contribution in [0.3, 0.4) is 0 Å². The summed E-state index contributed by atoms with van der Waals surface area (Å²) in [5.74, 6) is 1.62. The van der Waals surface area contributed by atoms with Gasteiger partial charge >= 0.3 is 0 Å². The highest BCUT2D eigenvalue weighted by Gasteiger charge is 2.49. The molecule has 2 atom stereocenters. The standard InChI is InChI=1S/C16H18O2/c1-10-9-16(2)14(6-7-15(16)17)12-5-4-11(18-3)8-13(10)12/h4-5,8,14H,1,6-7,9H2,2-3H3/t14-,16-/m0/s1. The van der Waals surface area contributed by atoms with Crippen molar-refractivity contribution in [2.45, 2.75) is 32.1 Å². The molecule has 0 bridgehead atoms. The summed E-state index contributed by atoms with van der Waals surface area (Å²) in [6.07, 6.45) is 2.47. The van der Waals surface area contributed by atoms with Gasteiger partial charge in [-0.2, -0.15) is 0 Å². The number of hydrogen-bond acceptors (Lipinski definition) is 2. The van der Waals surface area contributed by atoms with Crippen LogP contribution in [0.25, 0.3) is 5.57 Å². The molecule has 2 aliphatic rings. The average Bonchev–Trinajstić information content (AvgIpc) is 2.65. The molecule has 1 fully saturated rings. The molecule has 0 heterocycles. The second-order valence-corrected chi connectivity index (χ2v) is 5.67. The minimum atomic E-state index is -0.224. The van der Waals surface area contributed by atoms with Crippen LogP contribution in [0.4, 0.5) is 0 Å². The van der Waals surface area contributed by atoms with Crippen molar-refractivity contribution in [1.29, 1.82) is 0 Å². The summed E-state index contributed by atoms with van der Waals surface area (Å²) in [5.41, 5.74) is 3.31. The minimum absolute atomic E-state index is 0.224. The zero-order valence-electron chi connectivity index (χ0n) is 11.0. The summed E-state index contributed by atoms with van der Waals surface area (Å²) in [5, 5.41) is 0. The van der Waals surface area contributed by atoms with E-state index in [1.807, 2.05) is 6.07 Å². The Bertz CT molecular complexity index is 544. The van der Waals surface area contributed by atoms with Gasteiger partial charge in [0.05, 0.1) is 7.11 Å². The monoisotopic (exact) mass is 242 g/mol. The van der Waals surface area contributed by atoms with E-state index in [9.17, 15) is 4.79 Å². The molecular formula is C16H18O2. The number of methoxy groups -OCH3 is 1. The van der Waals surface area contributed by atoms with Crippen LogP contribution in [-0.4, -0.2) is 12.9 Å². The Morgan fingerprint density at radius 1 is 1.44 bits per heavy atom. The number of ether oxygens (including phenoxy) is 1. The lowest BCUT2D eigenvalue weighted by Crippen LogP contribution is -2.31. The number of carbonyl (C=O) groups excluding carboxylic acids is 1. The molecule has 2 nitrogen and oxygen atoms in total. The van der Waals surface area contributed by atoms with E-state index in [1.54, 1.807) is 7.11 Å². The molecule has 0 radical (unpaired) electrons. The van der Waals surface area contributed by atoms with Crippen molar-refractivity contribution in [2.24, 2.45) is 5.41 Å². The first-order valence-electron chi connectivity index (χ1n) is 6.45. The number of benzene rings is 1. The second-order valence-electron chi connectivity index (χ2n) is 5.67. The number of hydrogen-bond donors (Lipinski definition) is 0. The zero-order valence-corrected chi connectivity index (χ0v) is 11.0. The number of fused-ring (bicyclic) bond motifs is 3. The molecule has 0 unspecified atom stereocenters. The average molecular weight is 242 g/mol. The van der Waals surface area contributed by atoms with Gasteiger partial charge in [-0.3, -0.25) is 4.79 Å². The smallest absolute Gasteiger partial charge is 0.139 e. The predicted octanol–water partition coefficient (Wildman–Crippen LogP) is 3.56. The molecule has 0 N–H and O–H groups in total. The van der Waals surface area contributed by atoms with E-state index in [0.29, 0.717) is 18.1 Å². The van der Waals surface area contributed by atoms with Gasteiger partial charge in [-0.25, -0.2) is 0 Å². The van der Waals surface area contributed by atoms with E-state index < -0.39 is 0 Å². The van der Waals surface area contributed by atoms with Crippen LogP contribution >= 0.6 is 0 Å². The van der Waals surface area contributed by atoms with Crippen LogP contribution in [0.15, 0.2) is 24.8 Å². The molecule has 18 heavy (non-hydrogen) atoms. The molecular weight excluding hydrogens is 224 g/mol. The maximum absolute atomic E-state index is 12.1. The fourth-order valence-electron chi connectivity index (χ4n) is 3.61. The van der Waals surface area contributed by atoms with E-state index in [4.69, 9.17) is 4.74 Å². The first-order chi connectivity index (χ1) is 8.56. The third kappa shape index (κ3) is 1.38. The largest absolute Gasteiger partial charge is 0.497 e. The topological polar surface area (TPSA) is 26.3 Å². The van der Waals surface area contributed by atoms with Gasteiger partial charge in [0.15, 0.2) is 0 Å². The lowest BCUT2D eigenvalue weighted by atomic mass is 9.65. The first-order valence-corrected chi connectivity index (χ1v) is 6.45. The number of ketones is 1. The third-order valence-electron chi connectivity index (χ3n) is 4.66. The highest BCUT2D eigenvalue weighted by molar-refractivity contribution is 5.92. The fraction of sp³-hybridized carbons (Fsp3) is 0.438. The van der Waals surface area contributed by atoms with Gasteiger partial charge in [-0.15, -0.1) is 0 Å². The quantitative estimate of drug-likeness (QED) is 0.752. The number of carbonyl (C=O) groups is 1. The van der Waals surface area contributed by atoms with Crippen LogP contribution in [0.1, 0.15) is 43.2 Å². The van der Waals surface area contributed by atoms with Gasteiger partial charge in [0.25, 0.3) is 0 Å². The molecule has 0 saturated heterocycles. The summed E-state index contributed by atoms with van der Waals surface area (Å²) in [4.78, 5) is 12.1. The summed E-state index contributed by atoms with van der Waals surface area (Å²) in [6, 6.07) is 6.15. The first kappa shape index (κ1) is 11.5. The Hall–Kier alpha value is -1.57. The number of rotatable bonds is 1. The maximum atomic E-state index is 12.1. The third-order valence-corrected chi connectivity index (χ3v) is 4.66. The summed E-state index contributed by atoms with van der Waals surface area (Å²) < 4.78 is 5.28. The molecule has 1 aromatic carbocycles. The van der Waals surface area contributed by atoms with Crippen LogP contribution in [0.5, 0.6) is 5.75 Å². The molecule has 94 valence electrons. The van der Waals surface area contributed by atoms with Crippen molar-refractivity contribution in [3.05, 3.63) is 35.9 Å². The Morgan fingerprint density at radius 3 is 2.94 bits per heavy atom. The Balaban J connectivity index is 2.15. The van der Waals surface area contributed by atoms with Crippen molar-refractivity contribution in [1.82, 2.24) is 0 Å². The SMILES string of the molecule is C=C1C[C@]2(C)C(=O)CC[C@H]2c2ccc(OC)cc21. The Morgan fingerprint density at radius 2 is 2.22 bits per heavy atom.